The van der Waals surface area contributed by atoms with Crippen molar-refractivity contribution < 1.29 is 9.52 Å². The number of aliphatic hydroxyl groups is 1. The lowest BCUT2D eigenvalue weighted by Crippen LogP contribution is -2.30. The fourth-order valence-electron chi connectivity index (χ4n) is 1.11. The zero-order valence-electron chi connectivity index (χ0n) is 8.19. The molecule has 0 aliphatic carbocycles. The van der Waals surface area contributed by atoms with Gasteiger partial charge in [-0.1, -0.05) is 13.8 Å². The first-order valence-corrected chi connectivity index (χ1v) is 4.38. The molecule has 2 atom stereocenters. The lowest BCUT2D eigenvalue weighted by atomic mass is 9.99. The van der Waals surface area contributed by atoms with Crippen molar-refractivity contribution in [2.75, 3.05) is 0 Å². The minimum Gasteiger partial charge on any atom is -0.444 e. The van der Waals surface area contributed by atoms with Crippen molar-refractivity contribution in [1.29, 1.82) is 0 Å². The van der Waals surface area contributed by atoms with Crippen molar-refractivity contribution in [3.05, 3.63) is 17.8 Å². The molecule has 1 aromatic heterocycles. The van der Waals surface area contributed by atoms with Crippen molar-refractivity contribution in [2.24, 2.45) is 11.7 Å². The molecule has 0 bridgehead atoms. The van der Waals surface area contributed by atoms with Crippen molar-refractivity contribution in [3.8, 4) is 0 Å². The van der Waals surface area contributed by atoms with Gasteiger partial charge in [0.1, 0.15) is 5.76 Å². The van der Waals surface area contributed by atoms with E-state index in [1.165, 1.54) is 0 Å². The van der Waals surface area contributed by atoms with Crippen LogP contribution in [0.3, 0.4) is 0 Å². The molecule has 3 N–H and O–H groups in total. The van der Waals surface area contributed by atoms with E-state index in [9.17, 15) is 5.11 Å². The molecule has 4 nitrogen and oxygen atoms in total. The summed E-state index contributed by atoms with van der Waals surface area (Å²) in [5.41, 5.74) is 5.77. The quantitative estimate of drug-likeness (QED) is 0.735. The van der Waals surface area contributed by atoms with Crippen LogP contribution in [0.25, 0.3) is 0 Å². The largest absolute Gasteiger partial charge is 0.444 e. The summed E-state index contributed by atoms with van der Waals surface area (Å²) in [4.78, 5) is 3.92. The Morgan fingerprint density at radius 2 is 2.15 bits per heavy atom. The molecule has 13 heavy (non-hydrogen) atoms. The molecule has 0 fully saturated rings. The summed E-state index contributed by atoms with van der Waals surface area (Å²) in [5.74, 6) is 1.22. The average molecular weight is 184 g/mol. The van der Waals surface area contributed by atoms with Crippen molar-refractivity contribution in [1.82, 2.24) is 4.98 Å². The smallest absolute Gasteiger partial charge is 0.191 e. The van der Waals surface area contributed by atoms with E-state index in [2.05, 4.69) is 4.98 Å². The normalized spacial score (nSPS) is 16.2. The Bertz CT molecular complexity index is 270. The van der Waals surface area contributed by atoms with E-state index in [4.69, 9.17) is 10.2 Å². The first-order valence-electron chi connectivity index (χ1n) is 4.38. The van der Waals surface area contributed by atoms with Gasteiger partial charge < -0.3 is 15.3 Å². The first kappa shape index (κ1) is 10.2. The number of oxazole rings is 1. The summed E-state index contributed by atoms with van der Waals surface area (Å²) in [6, 6.07) is -0.485. The molecular formula is C9H16N2O2. The van der Waals surface area contributed by atoms with Crippen molar-refractivity contribution in [2.45, 2.75) is 32.9 Å². The average Bonchev–Trinajstić information content (AvgIpc) is 2.49. The third kappa shape index (κ3) is 2.29. The van der Waals surface area contributed by atoms with Crippen LogP contribution in [0.1, 0.15) is 31.5 Å². The monoisotopic (exact) mass is 184 g/mol. The number of hydrogen-bond donors (Lipinski definition) is 2. The Labute approximate surface area is 77.8 Å². The number of nitrogens with two attached hydrogens (primary N) is 1. The van der Waals surface area contributed by atoms with Crippen LogP contribution in [0.5, 0.6) is 0 Å². The summed E-state index contributed by atoms with van der Waals surface area (Å²) in [5, 5.41) is 9.64. The third-order valence-electron chi connectivity index (χ3n) is 2.02. The number of aliphatic hydroxyl groups excluding tert-OH is 1. The van der Waals surface area contributed by atoms with Gasteiger partial charge in [-0.3, -0.25) is 0 Å². The van der Waals surface area contributed by atoms with Gasteiger partial charge in [0.2, 0.25) is 0 Å². The molecule has 1 aromatic rings. The highest BCUT2D eigenvalue weighted by molar-refractivity contribution is 5.02. The van der Waals surface area contributed by atoms with Gasteiger partial charge in [-0.15, -0.1) is 0 Å². The van der Waals surface area contributed by atoms with Gasteiger partial charge >= 0.3 is 0 Å². The van der Waals surface area contributed by atoms with Crippen LogP contribution in [0.2, 0.25) is 0 Å². The van der Waals surface area contributed by atoms with E-state index in [0.717, 1.165) is 0 Å². The Hall–Kier alpha value is -0.870. The third-order valence-corrected chi connectivity index (χ3v) is 2.02. The molecule has 0 saturated heterocycles. The number of nitrogens with zero attached hydrogens (tertiary/aromatic N) is 1. The van der Waals surface area contributed by atoms with E-state index in [1.54, 1.807) is 13.1 Å². The molecule has 0 aliphatic heterocycles. The SMILES string of the molecule is Cc1ncc(C(N)C(O)C(C)C)o1. The summed E-state index contributed by atoms with van der Waals surface area (Å²) in [7, 11) is 0. The second-order valence-corrected chi connectivity index (χ2v) is 3.54. The molecule has 2 unspecified atom stereocenters. The van der Waals surface area contributed by atoms with E-state index >= 15 is 0 Å². The Morgan fingerprint density at radius 3 is 2.54 bits per heavy atom. The number of aryl methyl sites for hydroxylation is 1. The second-order valence-electron chi connectivity index (χ2n) is 3.54. The predicted molar refractivity (Wildman–Crippen MR) is 49.0 cm³/mol. The Kier molecular flexibility index (Phi) is 3.06. The molecule has 74 valence electrons. The molecule has 0 aliphatic rings. The minimum atomic E-state index is -0.590. The fourth-order valence-corrected chi connectivity index (χ4v) is 1.11. The highest BCUT2D eigenvalue weighted by Crippen LogP contribution is 2.19. The molecule has 4 heteroatoms. The maximum absolute atomic E-state index is 9.64. The first-order chi connectivity index (χ1) is 6.02. The number of hydrogen-bond acceptors (Lipinski definition) is 4. The van der Waals surface area contributed by atoms with E-state index < -0.39 is 12.1 Å². The summed E-state index contributed by atoms with van der Waals surface area (Å²) < 4.78 is 5.22. The second kappa shape index (κ2) is 3.89. The zero-order chi connectivity index (χ0) is 10.0. The molecule has 1 heterocycles. The topological polar surface area (TPSA) is 72.3 Å². The van der Waals surface area contributed by atoms with Crippen molar-refractivity contribution in [3.63, 3.8) is 0 Å². The summed E-state index contributed by atoms with van der Waals surface area (Å²) in [6.07, 6.45) is 0.971. The van der Waals surface area contributed by atoms with Crippen LogP contribution < -0.4 is 5.73 Å². The van der Waals surface area contributed by atoms with Crippen LogP contribution in [-0.2, 0) is 0 Å². The van der Waals surface area contributed by atoms with E-state index in [0.29, 0.717) is 11.7 Å². The van der Waals surface area contributed by atoms with Gasteiger partial charge in [0, 0.05) is 6.92 Å². The standard InChI is InChI=1S/C9H16N2O2/c1-5(2)9(12)8(10)7-4-11-6(3)13-7/h4-5,8-9,12H,10H2,1-3H3. The van der Waals surface area contributed by atoms with Gasteiger partial charge in [-0.2, -0.15) is 0 Å². The lowest BCUT2D eigenvalue weighted by molar-refractivity contribution is 0.0896. The molecule has 0 spiro atoms. The van der Waals surface area contributed by atoms with Gasteiger partial charge in [0.15, 0.2) is 5.89 Å². The predicted octanol–water partition coefficient (Wildman–Crippen LogP) is 1.000. The maximum Gasteiger partial charge on any atom is 0.191 e. The van der Waals surface area contributed by atoms with Crippen LogP contribution in [0.15, 0.2) is 10.6 Å². The lowest BCUT2D eigenvalue weighted by Gasteiger charge is -2.19. The Balaban J connectivity index is 2.73. The minimum absolute atomic E-state index is 0.111. The number of aromatic nitrogens is 1. The van der Waals surface area contributed by atoms with Gasteiger partial charge in [-0.25, -0.2) is 4.98 Å². The molecule has 0 amide bonds. The van der Waals surface area contributed by atoms with Gasteiger partial charge in [0.05, 0.1) is 18.3 Å². The van der Waals surface area contributed by atoms with Crippen LogP contribution >= 0.6 is 0 Å². The van der Waals surface area contributed by atoms with E-state index in [1.807, 2.05) is 13.8 Å². The van der Waals surface area contributed by atoms with Crippen molar-refractivity contribution >= 4 is 0 Å². The highest BCUT2D eigenvalue weighted by Gasteiger charge is 2.22. The molecule has 1 rings (SSSR count). The Morgan fingerprint density at radius 1 is 1.54 bits per heavy atom. The maximum atomic E-state index is 9.64. The molecule has 0 aromatic carbocycles. The van der Waals surface area contributed by atoms with E-state index in [-0.39, 0.29) is 5.92 Å². The van der Waals surface area contributed by atoms with Gasteiger partial charge in [-0.05, 0) is 5.92 Å². The highest BCUT2D eigenvalue weighted by atomic mass is 16.4. The molecule has 0 saturated carbocycles. The summed E-state index contributed by atoms with van der Waals surface area (Å²) in [6.45, 7) is 5.57. The van der Waals surface area contributed by atoms with Crippen LogP contribution in [0, 0.1) is 12.8 Å². The summed E-state index contributed by atoms with van der Waals surface area (Å²) >= 11 is 0. The molecule has 0 radical (unpaired) electrons. The fraction of sp³-hybridized carbons (Fsp3) is 0.667. The van der Waals surface area contributed by atoms with Gasteiger partial charge in [0.25, 0.3) is 0 Å². The number of rotatable bonds is 3. The van der Waals surface area contributed by atoms with Crippen LogP contribution in [0.4, 0.5) is 0 Å². The molecular weight excluding hydrogens is 168 g/mol. The van der Waals surface area contributed by atoms with Crippen LogP contribution in [-0.4, -0.2) is 16.2 Å². The zero-order valence-corrected chi connectivity index (χ0v) is 8.19.